The Morgan fingerprint density at radius 3 is 2.71 bits per heavy atom. The molecule has 6 nitrogen and oxygen atoms in total. The molecule has 2 fully saturated rings. The van der Waals surface area contributed by atoms with Gasteiger partial charge >= 0.3 is 0 Å². The van der Waals surface area contributed by atoms with Crippen molar-refractivity contribution in [1.82, 2.24) is 5.32 Å². The van der Waals surface area contributed by atoms with Crippen molar-refractivity contribution in [2.24, 2.45) is 10.7 Å². The van der Waals surface area contributed by atoms with Gasteiger partial charge in [-0.3, -0.25) is 4.99 Å². The van der Waals surface area contributed by atoms with E-state index in [1.54, 1.807) is 0 Å². The summed E-state index contributed by atoms with van der Waals surface area (Å²) >= 11 is 0. The van der Waals surface area contributed by atoms with Gasteiger partial charge in [0.05, 0.1) is 6.54 Å². The molecule has 2 heterocycles. The zero-order valence-corrected chi connectivity index (χ0v) is 16.0. The number of benzene rings is 1. The van der Waals surface area contributed by atoms with Crippen LogP contribution in [-0.2, 0) is 10.2 Å². The Hall–Kier alpha value is -1.22. The van der Waals surface area contributed by atoms with Crippen molar-refractivity contribution < 1.29 is 14.2 Å². The lowest BCUT2D eigenvalue weighted by molar-refractivity contribution is 0.0530. The summed E-state index contributed by atoms with van der Waals surface area (Å²) in [5, 5.41) is 3.26. The molecule has 3 N–H and O–H groups in total. The largest absolute Gasteiger partial charge is 0.454 e. The summed E-state index contributed by atoms with van der Waals surface area (Å²) in [7, 11) is 0. The van der Waals surface area contributed by atoms with Crippen molar-refractivity contribution in [3.8, 4) is 11.5 Å². The second-order valence-corrected chi connectivity index (χ2v) is 6.58. The first-order valence-electron chi connectivity index (χ1n) is 8.30. The smallest absolute Gasteiger partial charge is 0.231 e. The van der Waals surface area contributed by atoms with Crippen LogP contribution in [0.15, 0.2) is 23.2 Å². The molecule has 24 heavy (non-hydrogen) atoms. The van der Waals surface area contributed by atoms with Gasteiger partial charge < -0.3 is 25.3 Å². The molecule has 3 aliphatic rings. The maximum absolute atomic E-state index is 6.02. The second kappa shape index (κ2) is 7.35. The Kier molecular flexibility index (Phi) is 5.39. The zero-order chi connectivity index (χ0) is 15.7. The van der Waals surface area contributed by atoms with Crippen LogP contribution in [0.1, 0.15) is 31.2 Å². The van der Waals surface area contributed by atoms with E-state index in [4.69, 9.17) is 19.9 Å². The minimum Gasteiger partial charge on any atom is -0.454 e. The van der Waals surface area contributed by atoms with Crippen LogP contribution in [0.4, 0.5) is 0 Å². The van der Waals surface area contributed by atoms with Gasteiger partial charge in [0.15, 0.2) is 17.5 Å². The summed E-state index contributed by atoms with van der Waals surface area (Å²) in [6.07, 6.45) is 4.26. The normalized spacial score (nSPS) is 21.9. The van der Waals surface area contributed by atoms with Gasteiger partial charge in [0.25, 0.3) is 0 Å². The van der Waals surface area contributed by atoms with E-state index in [1.165, 1.54) is 18.4 Å². The fraction of sp³-hybridized carbons (Fsp3) is 0.588. The molecule has 4 rings (SSSR count). The third-order valence-corrected chi connectivity index (χ3v) is 4.92. The summed E-state index contributed by atoms with van der Waals surface area (Å²) in [5.74, 6) is 2.19. The average molecular weight is 445 g/mol. The summed E-state index contributed by atoms with van der Waals surface area (Å²) in [5.41, 5.74) is 7.21. The molecule has 0 amide bonds. The van der Waals surface area contributed by atoms with Gasteiger partial charge in [0.1, 0.15) is 0 Å². The maximum Gasteiger partial charge on any atom is 0.231 e. The topological polar surface area (TPSA) is 78.1 Å². The van der Waals surface area contributed by atoms with E-state index in [-0.39, 0.29) is 29.4 Å². The molecule has 0 bridgehead atoms. The number of nitrogens with two attached hydrogens (primary N) is 1. The molecule has 0 spiro atoms. The van der Waals surface area contributed by atoms with Crippen molar-refractivity contribution >= 4 is 29.9 Å². The molecule has 1 aliphatic carbocycles. The zero-order valence-electron chi connectivity index (χ0n) is 13.6. The molecule has 0 unspecified atom stereocenters. The average Bonchev–Trinajstić information content (AvgIpc) is 3.26. The minimum absolute atomic E-state index is 0. The number of fused-ring (bicyclic) bond motifs is 1. The molecule has 7 heteroatoms. The highest BCUT2D eigenvalue weighted by Crippen LogP contribution is 2.41. The third kappa shape index (κ3) is 3.72. The number of nitrogens with zero attached hydrogens (tertiary/aromatic N) is 1. The van der Waals surface area contributed by atoms with Gasteiger partial charge in [-0.15, -0.1) is 24.0 Å². The minimum atomic E-state index is -0.0465. The number of nitrogens with one attached hydrogen (secondary N) is 1. The molecule has 1 aromatic rings. The van der Waals surface area contributed by atoms with Crippen molar-refractivity contribution in [2.45, 2.75) is 37.1 Å². The monoisotopic (exact) mass is 445 g/mol. The van der Waals surface area contributed by atoms with Crippen LogP contribution in [0.3, 0.4) is 0 Å². The number of halogens is 1. The SMILES string of the molecule is I.NC(=NCC1(c2ccc3c(c2)OCO3)CCOCC1)NC1CC1. The number of hydrogen-bond acceptors (Lipinski definition) is 4. The van der Waals surface area contributed by atoms with Crippen LogP contribution in [0.25, 0.3) is 0 Å². The molecular weight excluding hydrogens is 421 g/mol. The Bertz CT molecular complexity index is 613. The highest BCUT2D eigenvalue weighted by Gasteiger charge is 2.35. The first-order chi connectivity index (χ1) is 11.3. The Balaban J connectivity index is 0.00000169. The van der Waals surface area contributed by atoms with E-state index in [2.05, 4.69) is 22.4 Å². The van der Waals surface area contributed by atoms with E-state index in [1.807, 2.05) is 6.07 Å². The van der Waals surface area contributed by atoms with Crippen LogP contribution in [0, 0.1) is 0 Å². The molecule has 0 aromatic heterocycles. The first kappa shape index (κ1) is 17.6. The Morgan fingerprint density at radius 1 is 1.21 bits per heavy atom. The molecule has 0 atom stereocenters. The lowest BCUT2D eigenvalue weighted by Gasteiger charge is -2.36. The van der Waals surface area contributed by atoms with E-state index in [0.717, 1.165) is 37.6 Å². The van der Waals surface area contributed by atoms with Gasteiger partial charge in [-0.1, -0.05) is 6.07 Å². The number of hydrogen-bond donors (Lipinski definition) is 2. The van der Waals surface area contributed by atoms with Crippen LogP contribution in [0.5, 0.6) is 11.5 Å². The quantitative estimate of drug-likeness (QED) is 0.422. The van der Waals surface area contributed by atoms with Crippen molar-refractivity contribution in [1.29, 1.82) is 0 Å². The summed E-state index contributed by atoms with van der Waals surface area (Å²) in [6, 6.07) is 6.73. The van der Waals surface area contributed by atoms with Gasteiger partial charge in [-0.2, -0.15) is 0 Å². The van der Waals surface area contributed by atoms with Gasteiger partial charge in [-0.05, 0) is 43.4 Å². The predicted octanol–water partition coefficient (Wildman–Crippen LogP) is 2.15. The van der Waals surface area contributed by atoms with E-state index >= 15 is 0 Å². The molecule has 132 valence electrons. The Morgan fingerprint density at radius 2 is 1.96 bits per heavy atom. The van der Waals surface area contributed by atoms with Crippen LogP contribution in [0.2, 0.25) is 0 Å². The van der Waals surface area contributed by atoms with Gasteiger partial charge in [0, 0.05) is 24.7 Å². The summed E-state index contributed by atoms with van der Waals surface area (Å²) < 4.78 is 16.5. The van der Waals surface area contributed by atoms with Crippen LogP contribution < -0.4 is 20.5 Å². The standard InChI is InChI=1S/C17H23N3O3.HI/c18-16(20-13-2-3-13)19-10-17(5-7-21-8-6-17)12-1-4-14-15(9-12)23-11-22-14;/h1,4,9,13H,2-3,5-8,10-11H2,(H3,18,19,20);1H. The Labute approximate surface area is 159 Å². The van der Waals surface area contributed by atoms with Crippen LogP contribution >= 0.6 is 24.0 Å². The highest BCUT2D eigenvalue weighted by molar-refractivity contribution is 14.0. The lowest BCUT2D eigenvalue weighted by Crippen LogP contribution is -2.39. The second-order valence-electron chi connectivity index (χ2n) is 6.58. The molecular formula is C17H24IN3O3. The molecule has 1 saturated heterocycles. The first-order valence-corrected chi connectivity index (χ1v) is 8.30. The molecule has 0 radical (unpaired) electrons. The number of aliphatic imine (C=N–C) groups is 1. The van der Waals surface area contributed by atoms with Crippen LogP contribution in [-0.4, -0.2) is 38.6 Å². The molecule has 1 aromatic carbocycles. The lowest BCUT2D eigenvalue weighted by atomic mass is 9.74. The maximum atomic E-state index is 6.02. The fourth-order valence-corrected chi connectivity index (χ4v) is 3.25. The summed E-state index contributed by atoms with van der Waals surface area (Å²) in [6.45, 7) is 2.46. The van der Waals surface area contributed by atoms with E-state index < -0.39 is 0 Å². The number of rotatable bonds is 4. The van der Waals surface area contributed by atoms with E-state index in [9.17, 15) is 0 Å². The predicted molar refractivity (Wildman–Crippen MR) is 102 cm³/mol. The van der Waals surface area contributed by atoms with Gasteiger partial charge in [0.2, 0.25) is 6.79 Å². The van der Waals surface area contributed by atoms with Crippen molar-refractivity contribution in [3.63, 3.8) is 0 Å². The number of ether oxygens (including phenoxy) is 3. The highest BCUT2D eigenvalue weighted by atomic mass is 127. The molecule has 2 aliphatic heterocycles. The third-order valence-electron chi connectivity index (χ3n) is 4.92. The van der Waals surface area contributed by atoms with Gasteiger partial charge in [-0.25, -0.2) is 0 Å². The van der Waals surface area contributed by atoms with Crippen molar-refractivity contribution in [2.75, 3.05) is 26.6 Å². The van der Waals surface area contributed by atoms with E-state index in [0.29, 0.717) is 25.3 Å². The number of guanidine groups is 1. The fourth-order valence-electron chi connectivity index (χ4n) is 3.25. The summed E-state index contributed by atoms with van der Waals surface area (Å²) in [4.78, 5) is 4.63. The van der Waals surface area contributed by atoms with Crippen molar-refractivity contribution in [3.05, 3.63) is 23.8 Å². The molecule has 1 saturated carbocycles.